The molecule has 2 rings (SSSR count). The number of nitrogens with one attached hydrogen (secondary N) is 1. The molecule has 4 nitrogen and oxygen atoms in total. The van der Waals surface area contributed by atoms with Crippen LogP contribution in [-0.4, -0.2) is 29.3 Å². The minimum atomic E-state index is -0.854. The maximum atomic E-state index is 11.1. The fraction of sp³-hybridized carbons (Fsp3) is 0.500. The molecule has 0 aliphatic carbocycles. The Bertz CT molecular complexity index is 407. The van der Waals surface area contributed by atoms with Gasteiger partial charge in [-0.2, -0.15) is 0 Å². The summed E-state index contributed by atoms with van der Waals surface area (Å²) in [7, 11) is 0. The zero-order valence-corrected chi connectivity index (χ0v) is 10.7. The molecule has 2 N–H and O–H groups in total. The summed E-state index contributed by atoms with van der Waals surface area (Å²) in [5.41, 5.74) is 1.09. The van der Waals surface area contributed by atoms with Gasteiger partial charge >= 0.3 is 5.97 Å². The largest absolute Gasteiger partial charge is 0.480 e. The van der Waals surface area contributed by atoms with Crippen molar-refractivity contribution >= 4 is 5.97 Å². The van der Waals surface area contributed by atoms with Crippen LogP contribution in [0.1, 0.15) is 31.9 Å². The first-order valence-corrected chi connectivity index (χ1v) is 6.32. The topological polar surface area (TPSA) is 58.6 Å². The Morgan fingerprint density at radius 1 is 1.39 bits per heavy atom. The summed E-state index contributed by atoms with van der Waals surface area (Å²) < 4.78 is 5.91. The van der Waals surface area contributed by atoms with Crippen molar-refractivity contribution in [2.45, 2.75) is 44.6 Å². The van der Waals surface area contributed by atoms with Gasteiger partial charge in [-0.25, -0.2) is 0 Å². The minimum Gasteiger partial charge on any atom is -0.480 e. The number of carboxylic acids is 1. The van der Waals surface area contributed by atoms with E-state index in [9.17, 15) is 4.79 Å². The number of hydrogen-bond donors (Lipinski definition) is 2. The van der Waals surface area contributed by atoms with E-state index in [2.05, 4.69) is 5.32 Å². The predicted octanol–water partition coefficient (Wildman–Crippen LogP) is 1.97. The minimum absolute atomic E-state index is 0.0321. The third-order valence-corrected chi connectivity index (χ3v) is 3.42. The van der Waals surface area contributed by atoms with Gasteiger partial charge in [0.15, 0.2) is 0 Å². The van der Waals surface area contributed by atoms with Gasteiger partial charge in [0.05, 0.1) is 12.2 Å². The lowest BCUT2D eigenvalue weighted by Crippen LogP contribution is -2.57. The highest BCUT2D eigenvalue weighted by Gasteiger charge is 2.38. The number of ether oxygens (including phenoxy) is 1. The zero-order valence-electron chi connectivity index (χ0n) is 10.7. The van der Waals surface area contributed by atoms with E-state index in [1.165, 1.54) is 0 Å². The molecule has 18 heavy (non-hydrogen) atoms. The van der Waals surface area contributed by atoms with Gasteiger partial charge in [0.25, 0.3) is 0 Å². The highest BCUT2D eigenvalue weighted by atomic mass is 16.5. The Morgan fingerprint density at radius 2 is 2.06 bits per heavy atom. The van der Waals surface area contributed by atoms with Gasteiger partial charge in [0.2, 0.25) is 0 Å². The molecule has 0 aromatic heterocycles. The van der Waals surface area contributed by atoms with E-state index >= 15 is 0 Å². The van der Waals surface area contributed by atoms with Crippen molar-refractivity contribution in [3.8, 4) is 0 Å². The third kappa shape index (κ3) is 2.54. The molecule has 98 valence electrons. The Kier molecular flexibility index (Phi) is 3.99. The first-order valence-electron chi connectivity index (χ1n) is 6.32. The smallest absolute Gasteiger partial charge is 0.323 e. The van der Waals surface area contributed by atoms with Crippen molar-refractivity contribution in [3.05, 3.63) is 35.9 Å². The van der Waals surface area contributed by atoms with Gasteiger partial charge < -0.3 is 9.84 Å². The van der Waals surface area contributed by atoms with Gasteiger partial charge in [-0.05, 0) is 18.9 Å². The van der Waals surface area contributed by atoms with Crippen molar-refractivity contribution in [2.75, 3.05) is 0 Å². The molecule has 1 saturated heterocycles. The lowest BCUT2D eigenvalue weighted by Gasteiger charge is -2.39. The molecule has 0 spiro atoms. The normalized spacial score (nSPS) is 32.1. The van der Waals surface area contributed by atoms with Crippen molar-refractivity contribution in [3.63, 3.8) is 0 Å². The summed E-state index contributed by atoms with van der Waals surface area (Å²) in [6, 6.07) is 9.34. The molecule has 0 amide bonds. The van der Waals surface area contributed by atoms with Crippen molar-refractivity contribution in [2.24, 2.45) is 0 Å². The number of rotatable bonds is 3. The molecule has 0 radical (unpaired) electrons. The second-order valence-corrected chi connectivity index (χ2v) is 4.67. The highest BCUT2D eigenvalue weighted by Crippen LogP contribution is 2.29. The Labute approximate surface area is 107 Å². The molecular weight excluding hydrogens is 230 g/mol. The Morgan fingerprint density at radius 3 is 2.61 bits per heavy atom. The zero-order chi connectivity index (χ0) is 13.1. The van der Waals surface area contributed by atoms with E-state index in [1.54, 1.807) is 6.92 Å². The van der Waals surface area contributed by atoms with Gasteiger partial charge in [-0.1, -0.05) is 37.3 Å². The number of hydrogen-bond acceptors (Lipinski definition) is 3. The van der Waals surface area contributed by atoms with E-state index in [-0.39, 0.29) is 18.2 Å². The van der Waals surface area contributed by atoms with E-state index < -0.39 is 12.0 Å². The maximum absolute atomic E-state index is 11.1. The van der Waals surface area contributed by atoms with Crippen molar-refractivity contribution in [1.82, 2.24) is 5.32 Å². The Balaban J connectivity index is 2.20. The summed E-state index contributed by atoms with van der Waals surface area (Å²) in [6.07, 6.45) is 0.410. The second-order valence-electron chi connectivity index (χ2n) is 4.67. The van der Waals surface area contributed by atoms with E-state index in [0.29, 0.717) is 0 Å². The van der Waals surface area contributed by atoms with Crippen LogP contribution in [-0.2, 0) is 9.53 Å². The van der Waals surface area contributed by atoms with Crippen LogP contribution in [0.5, 0.6) is 0 Å². The fourth-order valence-electron chi connectivity index (χ4n) is 2.42. The standard InChI is InChI=1S/C14H19NO3/c1-3-11-13(10-7-5-4-6-8-10)18-9(2)12(15-11)14(16)17/h4-9,11-13,15H,3H2,1-2H3,(H,16,17). The van der Waals surface area contributed by atoms with Crippen LogP contribution in [0.3, 0.4) is 0 Å². The predicted molar refractivity (Wildman–Crippen MR) is 68.4 cm³/mol. The first kappa shape index (κ1) is 13.1. The highest BCUT2D eigenvalue weighted by molar-refractivity contribution is 5.74. The van der Waals surface area contributed by atoms with E-state index in [4.69, 9.17) is 9.84 Å². The molecule has 4 heteroatoms. The lowest BCUT2D eigenvalue weighted by atomic mass is 9.95. The van der Waals surface area contributed by atoms with E-state index in [1.807, 2.05) is 37.3 Å². The van der Waals surface area contributed by atoms with Crippen LogP contribution in [0.2, 0.25) is 0 Å². The number of carboxylic acid groups (broad SMARTS) is 1. The monoisotopic (exact) mass is 249 g/mol. The van der Waals surface area contributed by atoms with Crippen LogP contribution in [0.25, 0.3) is 0 Å². The number of carbonyl (C=O) groups is 1. The average Bonchev–Trinajstić information content (AvgIpc) is 2.39. The van der Waals surface area contributed by atoms with Gasteiger partial charge in [0.1, 0.15) is 6.04 Å². The second kappa shape index (κ2) is 5.50. The lowest BCUT2D eigenvalue weighted by molar-refractivity contribution is -0.153. The number of benzene rings is 1. The molecule has 1 aromatic carbocycles. The van der Waals surface area contributed by atoms with Crippen molar-refractivity contribution in [1.29, 1.82) is 0 Å². The molecule has 1 fully saturated rings. The third-order valence-electron chi connectivity index (χ3n) is 3.42. The van der Waals surface area contributed by atoms with Crippen LogP contribution in [0, 0.1) is 0 Å². The van der Waals surface area contributed by atoms with Crippen LogP contribution < -0.4 is 5.32 Å². The summed E-state index contributed by atoms with van der Waals surface area (Å²) in [4.78, 5) is 11.1. The van der Waals surface area contributed by atoms with Gasteiger partial charge in [-0.3, -0.25) is 10.1 Å². The molecule has 4 unspecified atom stereocenters. The molecule has 1 heterocycles. The average molecular weight is 249 g/mol. The van der Waals surface area contributed by atoms with Crippen LogP contribution in [0.4, 0.5) is 0 Å². The summed E-state index contributed by atoms with van der Waals surface area (Å²) in [6.45, 7) is 3.83. The molecule has 0 saturated carbocycles. The van der Waals surface area contributed by atoms with Crippen LogP contribution >= 0.6 is 0 Å². The fourth-order valence-corrected chi connectivity index (χ4v) is 2.42. The summed E-state index contributed by atoms with van der Waals surface area (Å²) in [5, 5.41) is 12.3. The van der Waals surface area contributed by atoms with E-state index in [0.717, 1.165) is 12.0 Å². The van der Waals surface area contributed by atoms with Crippen LogP contribution in [0.15, 0.2) is 30.3 Å². The Hall–Kier alpha value is -1.39. The molecular formula is C14H19NO3. The first-order chi connectivity index (χ1) is 8.63. The maximum Gasteiger partial charge on any atom is 0.323 e. The molecule has 1 aliphatic heterocycles. The molecule has 1 aliphatic rings. The summed E-state index contributed by atoms with van der Waals surface area (Å²) in [5.74, 6) is -0.854. The number of aliphatic carboxylic acids is 1. The molecule has 0 bridgehead atoms. The number of morpholine rings is 1. The summed E-state index contributed by atoms with van der Waals surface area (Å²) >= 11 is 0. The molecule has 1 aromatic rings. The SMILES string of the molecule is CCC1NC(C(=O)O)C(C)OC1c1ccccc1. The molecule has 4 atom stereocenters. The van der Waals surface area contributed by atoms with Gasteiger partial charge in [-0.15, -0.1) is 0 Å². The quantitative estimate of drug-likeness (QED) is 0.860. The van der Waals surface area contributed by atoms with Gasteiger partial charge in [0, 0.05) is 6.04 Å². The van der Waals surface area contributed by atoms with Crippen molar-refractivity contribution < 1.29 is 14.6 Å².